The molecule has 4 rings (SSSR count). The normalized spacial score (nSPS) is 10.8. The molecule has 0 aliphatic carbocycles. The second-order valence-corrected chi connectivity index (χ2v) is 7.32. The Morgan fingerprint density at radius 2 is 1.74 bits per heavy atom. The maximum absolute atomic E-state index is 12.5. The molecule has 0 atom stereocenters. The molecule has 0 unspecified atom stereocenters. The number of nitrogens with zero attached hydrogens (tertiary/aromatic N) is 4. The highest BCUT2D eigenvalue weighted by Crippen LogP contribution is 2.28. The molecule has 0 saturated carbocycles. The van der Waals surface area contributed by atoms with E-state index in [2.05, 4.69) is 15.1 Å². The molecule has 0 radical (unpaired) electrons. The van der Waals surface area contributed by atoms with Crippen molar-refractivity contribution < 1.29 is 9.53 Å². The number of nitrogen functional groups attached to an aromatic ring is 1. The molecule has 0 aliphatic rings. The van der Waals surface area contributed by atoms with Gasteiger partial charge in [-0.15, -0.1) is 0 Å². The molecule has 2 N–H and O–H groups in total. The number of ether oxygens (including phenoxy) is 1. The van der Waals surface area contributed by atoms with E-state index in [0.29, 0.717) is 23.4 Å². The Labute approximate surface area is 184 Å². The van der Waals surface area contributed by atoms with Gasteiger partial charge < -0.3 is 10.5 Å². The number of aryl methyl sites for hydroxylation is 1. The van der Waals surface area contributed by atoms with Gasteiger partial charge in [0.05, 0.1) is 17.0 Å². The summed E-state index contributed by atoms with van der Waals surface area (Å²) in [5.41, 5.74) is 10.1. The van der Waals surface area contributed by atoms with Crippen molar-refractivity contribution in [1.29, 1.82) is 0 Å². The minimum absolute atomic E-state index is 0.0632. The van der Waals surface area contributed by atoms with E-state index < -0.39 is 5.97 Å². The lowest BCUT2D eigenvalue weighted by Gasteiger charge is -2.09. The summed E-state index contributed by atoms with van der Waals surface area (Å²) >= 11 is 6.09. The molecule has 0 amide bonds. The predicted octanol–water partition coefficient (Wildman–Crippen LogP) is 4.06. The van der Waals surface area contributed by atoms with Crippen LogP contribution in [0.2, 0.25) is 5.15 Å². The Balaban J connectivity index is 1.71. The number of rotatable bonds is 6. The fourth-order valence-electron chi connectivity index (χ4n) is 3.32. The van der Waals surface area contributed by atoms with Crippen molar-refractivity contribution in [3.05, 3.63) is 94.3 Å². The fourth-order valence-corrected chi connectivity index (χ4v) is 3.51. The lowest BCUT2D eigenvalue weighted by atomic mass is 10.0. The summed E-state index contributed by atoms with van der Waals surface area (Å²) in [5.74, 6) is -0.334. The highest BCUT2D eigenvalue weighted by molar-refractivity contribution is 6.29. The third-order valence-electron chi connectivity index (χ3n) is 4.80. The molecule has 8 heteroatoms. The molecule has 0 fully saturated rings. The summed E-state index contributed by atoms with van der Waals surface area (Å²) in [6, 6.07) is 20.4. The molecule has 4 aromatic rings. The van der Waals surface area contributed by atoms with Gasteiger partial charge in [-0.2, -0.15) is 5.10 Å². The monoisotopic (exact) mass is 433 g/mol. The Morgan fingerprint density at radius 3 is 2.42 bits per heavy atom. The van der Waals surface area contributed by atoms with Gasteiger partial charge in [-0.3, -0.25) is 4.68 Å². The van der Waals surface area contributed by atoms with E-state index in [1.165, 1.54) is 0 Å². The van der Waals surface area contributed by atoms with Crippen LogP contribution in [0.25, 0.3) is 11.4 Å². The van der Waals surface area contributed by atoms with Gasteiger partial charge >= 0.3 is 5.97 Å². The van der Waals surface area contributed by atoms with E-state index in [4.69, 9.17) is 22.1 Å². The first kappa shape index (κ1) is 20.6. The number of benzene rings is 2. The molecule has 2 heterocycles. The molecule has 0 aliphatic heterocycles. The summed E-state index contributed by atoms with van der Waals surface area (Å²) in [7, 11) is 1.80. The lowest BCUT2D eigenvalue weighted by Crippen LogP contribution is -2.09. The van der Waals surface area contributed by atoms with Crippen LogP contribution in [0.5, 0.6) is 0 Å². The maximum atomic E-state index is 12.5. The lowest BCUT2D eigenvalue weighted by molar-refractivity contribution is 0.0462. The highest BCUT2D eigenvalue weighted by atomic mass is 35.5. The smallest absolute Gasteiger partial charge is 0.338 e. The second kappa shape index (κ2) is 8.97. The third-order valence-corrected chi connectivity index (χ3v) is 5.00. The molecular formula is C23H20ClN5O2. The average Bonchev–Trinajstić information content (AvgIpc) is 3.08. The minimum atomic E-state index is -0.400. The third kappa shape index (κ3) is 4.73. The molecule has 31 heavy (non-hydrogen) atoms. The standard InChI is InChI=1S/C23H20ClN5O2/c1-29-19(14-31-22(30)16-10-6-3-7-11-16)17(12-15-8-4-2-5-9-15)21(28-29)18-13-20(24)27-23(25)26-18/h2-11,13H,12,14H2,1H3,(H2,25,26,27). The summed E-state index contributed by atoms with van der Waals surface area (Å²) in [5, 5.41) is 4.86. The van der Waals surface area contributed by atoms with Crippen molar-refractivity contribution in [3.63, 3.8) is 0 Å². The average molecular weight is 434 g/mol. The number of halogens is 1. The summed E-state index contributed by atoms with van der Waals surface area (Å²) < 4.78 is 7.28. The highest BCUT2D eigenvalue weighted by Gasteiger charge is 2.21. The van der Waals surface area contributed by atoms with E-state index in [0.717, 1.165) is 16.8 Å². The van der Waals surface area contributed by atoms with Crippen molar-refractivity contribution in [3.8, 4) is 11.4 Å². The number of aromatic nitrogens is 4. The number of esters is 1. The summed E-state index contributed by atoms with van der Waals surface area (Å²) in [6.07, 6.45) is 0.573. The van der Waals surface area contributed by atoms with E-state index >= 15 is 0 Å². The van der Waals surface area contributed by atoms with Crippen molar-refractivity contribution in [2.75, 3.05) is 5.73 Å². The number of anilines is 1. The molecule has 2 aromatic heterocycles. The zero-order valence-corrected chi connectivity index (χ0v) is 17.6. The Bertz CT molecular complexity index is 1190. The van der Waals surface area contributed by atoms with E-state index in [9.17, 15) is 4.79 Å². The first-order chi connectivity index (χ1) is 15.0. The van der Waals surface area contributed by atoms with Crippen LogP contribution in [0.3, 0.4) is 0 Å². The zero-order chi connectivity index (χ0) is 21.8. The molecule has 7 nitrogen and oxygen atoms in total. The molecule has 156 valence electrons. The number of carbonyl (C=O) groups excluding carboxylic acids is 1. The largest absolute Gasteiger partial charge is 0.456 e. The van der Waals surface area contributed by atoms with Crippen LogP contribution >= 0.6 is 11.6 Å². The van der Waals surface area contributed by atoms with E-state index in [1.807, 2.05) is 36.4 Å². The summed E-state index contributed by atoms with van der Waals surface area (Å²) in [6.45, 7) is 0.0632. The van der Waals surface area contributed by atoms with Crippen LogP contribution < -0.4 is 5.73 Å². The van der Waals surface area contributed by atoms with Crippen molar-refractivity contribution in [1.82, 2.24) is 19.7 Å². The van der Waals surface area contributed by atoms with Crippen molar-refractivity contribution in [2.45, 2.75) is 13.0 Å². The molecule has 0 bridgehead atoms. The van der Waals surface area contributed by atoms with Crippen LogP contribution in [0.15, 0.2) is 66.7 Å². The van der Waals surface area contributed by atoms with Gasteiger partial charge in [0.15, 0.2) is 0 Å². The van der Waals surface area contributed by atoms with Crippen LogP contribution in [0, 0.1) is 0 Å². The van der Waals surface area contributed by atoms with Crippen LogP contribution in [0.4, 0.5) is 5.95 Å². The molecule has 0 spiro atoms. The minimum Gasteiger partial charge on any atom is -0.456 e. The molecular weight excluding hydrogens is 414 g/mol. The Hall–Kier alpha value is -3.71. The van der Waals surface area contributed by atoms with Crippen LogP contribution in [0.1, 0.15) is 27.2 Å². The Morgan fingerprint density at radius 1 is 1.06 bits per heavy atom. The van der Waals surface area contributed by atoms with Crippen molar-refractivity contribution in [2.24, 2.45) is 7.05 Å². The number of hydrogen-bond donors (Lipinski definition) is 1. The number of hydrogen-bond acceptors (Lipinski definition) is 6. The predicted molar refractivity (Wildman–Crippen MR) is 118 cm³/mol. The quantitative estimate of drug-likeness (QED) is 0.364. The van der Waals surface area contributed by atoms with Gasteiger partial charge in [-0.1, -0.05) is 60.1 Å². The first-order valence-electron chi connectivity index (χ1n) is 9.62. The van der Waals surface area contributed by atoms with Gasteiger partial charge in [0.25, 0.3) is 0 Å². The molecule has 2 aromatic carbocycles. The van der Waals surface area contributed by atoms with E-state index in [-0.39, 0.29) is 17.7 Å². The topological polar surface area (TPSA) is 95.9 Å². The fraction of sp³-hybridized carbons (Fsp3) is 0.130. The maximum Gasteiger partial charge on any atom is 0.338 e. The Kier molecular flexibility index (Phi) is 5.95. The van der Waals surface area contributed by atoms with Crippen molar-refractivity contribution >= 4 is 23.5 Å². The van der Waals surface area contributed by atoms with Crippen LogP contribution in [-0.4, -0.2) is 25.7 Å². The number of carbonyl (C=O) groups is 1. The van der Waals surface area contributed by atoms with E-state index in [1.54, 1.807) is 42.1 Å². The SMILES string of the molecule is Cn1nc(-c2cc(Cl)nc(N)n2)c(Cc2ccccc2)c1COC(=O)c1ccccc1. The second-order valence-electron chi connectivity index (χ2n) is 6.94. The van der Waals surface area contributed by atoms with Gasteiger partial charge in [0, 0.05) is 25.1 Å². The van der Waals surface area contributed by atoms with Gasteiger partial charge in [0.1, 0.15) is 17.5 Å². The molecule has 0 saturated heterocycles. The zero-order valence-electron chi connectivity index (χ0n) is 16.8. The van der Waals surface area contributed by atoms with Crippen LogP contribution in [-0.2, 0) is 24.8 Å². The summed E-state index contributed by atoms with van der Waals surface area (Å²) in [4.78, 5) is 20.7. The van der Waals surface area contributed by atoms with Gasteiger partial charge in [-0.25, -0.2) is 14.8 Å². The first-order valence-corrected chi connectivity index (χ1v) is 10.0. The number of nitrogens with two attached hydrogens (primary N) is 1. The van der Waals surface area contributed by atoms with Gasteiger partial charge in [-0.05, 0) is 17.7 Å². The van der Waals surface area contributed by atoms with Gasteiger partial charge in [0.2, 0.25) is 5.95 Å².